The number of rotatable bonds is 3. The molecule has 0 aromatic heterocycles. The van der Waals surface area contributed by atoms with Crippen LogP contribution >= 0.6 is 0 Å². The lowest BCUT2D eigenvalue weighted by molar-refractivity contribution is -0.280. The van der Waals surface area contributed by atoms with E-state index in [9.17, 15) is 15.3 Å². The number of hydrogen-bond acceptors (Lipinski definition) is 7. The van der Waals surface area contributed by atoms with Gasteiger partial charge in [0.05, 0.1) is 6.61 Å². The summed E-state index contributed by atoms with van der Waals surface area (Å²) in [5.74, 6) is 0.371. The van der Waals surface area contributed by atoms with Gasteiger partial charge in [-0.2, -0.15) is 0 Å². The molecule has 1 heterocycles. The number of nitrogens with two attached hydrogens (primary N) is 1. The molecule has 7 nitrogen and oxygen atoms in total. The van der Waals surface area contributed by atoms with Crippen molar-refractivity contribution in [1.82, 2.24) is 0 Å². The van der Waals surface area contributed by atoms with Crippen molar-refractivity contribution >= 4 is 5.69 Å². The Morgan fingerprint density at radius 1 is 1.11 bits per heavy atom. The maximum Gasteiger partial charge on any atom is 0.195 e. The van der Waals surface area contributed by atoms with Gasteiger partial charge in [-0.05, 0) is 24.3 Å². The highest BCUT2D eigenvalue weighted by Gasteiger charge is 2.45. The first kappa shape index (κ1) is 14.0. The molecule has 0 spiro atoms. The van der Waals surface area contributed by atoms with Crippen LogP contribution in [-0.2, 0) is 4.74 Å². The van der Waals surface area contributed by atoms with Gasteiger partial charge in [0.1, 0.15) is 24.1 Å². The van der Waals surface area contributed by atoms with Gasteiger partial charge < -0.3 is 35.6 Å². The zero-order valence-corrected chi connectivity index (χ0v) is 10.1. The number of hydrogen-bond donors (Lipinski definition) is 5. The van der Waals surface area contributed by atoms with Gasteiger partial charge in [-0.15, -0.1) is 0 Å². The Labute approximate surface area is 109 Å². The minimum Gasteiger partial charge on any atom is -0.482 e. The average Bonchev–Trinajstić information content (AvgIpc) is 2.41. The lowest BCUT2D eigenvalue weighted by Gasteiger charge is -2.39. The van der Waals surface area contributed by atoms with E-state index in [-0.39, 0.29) is 0 Å². The van der Waals surface area contributed by atoms with E-state index in [1.807, 2.05) is 0 Å². The maximum atomic E-state index is 9.87. The Hall–Kier alpha value is -1.38. The molecule has 1 aromatic carbocycles. The SMILES string of the molecule is Nc1ccc(O[C@@H]2[C@@H](O)[C@H](O)[C@@H](CO)O[C@H]2O)cc1. The van der Waals surface area contributed by atoms with Crippen LogP contribution in [-0.4, -0.2) is 57.7 Å². The van der Waals surface area contributed by atoms with Crippen LogP contribution in [0.4, 0.5) is 5.69 Å². The van der Waals surface area contributed by atoms with Crippen molar-refractivity contribution in [3.05, 3.63) is 24.3 Å². The number of ether oxygens (including phenoxy) is 2. The first-order chi connectivity index (χ1) is 9.02. The second-order valence-corrected chi connectivity index (χ2v) is 4.38. The molecule has 1 aliphatic heterocycles. The van der Waals surface area contributed by atoms with Crippen LogP contribution in [0.2, 0.25) is 0 Å². The first-order valence-electron chi connectivity index (χ1n) is 5.85. The van der Waals surface area contributed by atoms with Crippen LogP contribution in [0.15, 0.2) is 24.3 Å². The van der Waals surface area contributed by atoms with Gasteiger partial charge in [0.2, 0.25) is 0 Å². The van der Waals surface area contributed by atoms with Gasteiger partial charge in [0.25, 0.3) is 0 Å². The van der Waals surface area contributed by atoms with Crippen LogP contribution in [0.25, 0.3) is 0 Å². The van der Waals surface area contributed by atoms with Crippen LogP contribution in [0, 0.1) is 0 Å². The van der Waals surface area contributed by atoms with E-state index < -0.39 is 37.3 Å². The highest BCUT2D eigenvalue weighted by atomic mass is 16.7. The molecule has 1 saturated heterocycles. The molecule has 0 radical (unpaired) electrons. The molecule has 6 N–H and O–H groups in total. The quantitative estimate of drug-likeness (QED) is 0.421. The second kappa shape index (κ2) is 5.72. The molecule has 1 aromatic rings. The Morgan fingerprint density at radius 3 is 2.32 bits per heavy atom. The summed E-state index contributed by atoms with van der Waals surface area (Å²) in [6, 6.07) is 6.34. The summed E-state index contributed by atoms with van der Waals surface area (Å²) in [5.41, 5.74) is 6.08. The van der Waals surface area contributed by atoms with Gasteiger partial charge in [0.15, 0.2) is 12.4 Å². The monoisotopic (exact) mass is 271 g/mol. The molecule has 0 aliphatic carbocycles. The van der Waals surface area contributed by atoms with Crippen molar-refractivity contribution in [3.8, 4) is 5.75 Å². The molecular weight excluding hydrogens is 254 g/mol. The second-order valence-electron chi connectivity index (χ2n) is 4.38. The predicted octanol–water partition coefficient (Wildman–Crippen LogP) is -1.55. The van der Waals surface area contributed by atoms with Crippen LogP contribution in [0.1, 0.15) is 0 Å². The third kappa shape index (κ3) is 2.96. The fraction of sp³-hybridized carbons (Fsp3) is 0.500. The summed E-state index contributed by atoms with van der Waals surface area (Å²) >= 11 is 0. The molecule has 0 bridgehead atoms. The van der Waals surface area contributed by atoms with Crippen molar-refractivity contribution in [2.24, 2.45) is 0 Å². The molecule has 7 heteroatoms. The molecule has 2 rings (SSSR count). The summed E-state index contributed by atoms with van der Waals surface area (Å²) < 4.78 is 10.3. The van der Waals surface area contributed by atoms with E-state index >= 15 is 0 Å². The molecule has 1 fully saturated rings. The average molecular weight is 271 g/mol. The number of anilines is 1. The molecular formula is C12H17NO6. The summed E-state index contributed by atoms with van der Waals surface area (Å²) in [5, 5.41) is 38.2. The van der Waals surface area contributed by atoms with Gasteiger partial charge in [-0.3, -0.25) is 0 Å². The zero-order valence-electron chi connectivity index (χ0n) is 10.1. The lowest BCUT2D eigenvalue weighted by Crippen LogP contribution is -2.60. The minimum absolute atomic E-state index is 0.371. The fourth-order valence-corrected chi connectivity index (χ4v) is 1.90. The third-order valence-electron chi connectivity index (χ3n) is 2.99. The normalized spacial score (nSPS) is 35.1. The van der Waals surface area contributed by atoms with E-state index in [4.69, 9.17) is 20.3 Å². The zero-order chi connectivity index (χ0) is 14.0. The number of nitrogen functional groups attached to an aromatic ring is 1. The summed E-state index contributed by atoms with van der Waals surface area (Å²) in [7, 11) is 0. The molecule has 0 saturated carbocycles. The third-order valence-corrected chi connectivity index (χ3v) is 2.99. The van der Waals surface area contributed by atoms with Crippen molar-refractivity contribution in [3.63, 3.8) is 0 Å². The largest absolute Gasteiger partial charge is 0.482 e. The first-order valence-corrected chi connectivity index (χ1v) is 5.85. The molecule has 5 atom stereocenters. The standard InChI is InChI=1S/C12H17NO6/c13-6-1-3-7(4-2-6)18-11-10(16)9(15)8(5-14)19-12(11)17/h1-4,8-12,14-17H,5,13H2/t8-,9-,10+,11-,12-/m1/s1. The number of benzene rings is 1. The van der Waals surface area contributed by atoms with E-state index in [2.05, 4.69) is 0 Å². The van der Waals surface area contributed by atoms with Gasteiger partial charge in [0, 0.05) is 5.69 Å². The Balaban J connectivity index is 2.09. The van der Waals surface area contributed by atoms with Crippen molar-refractivity contribution in [2.45, 2.75) is 30.7 Å². The Kier molecular flexibility index (Phi) is 4.23. The lowest BCUT2D eigenvalue weighted by atomic mass is 9.99. The molecule has 106 valence electrons. The molecule has 19 heavy (non-hydrogen) atoms. The van der Waals surface area contributed by atoms with Crippen molar-refractivity contribution < 1.29 is 29.9 Å². The summed E-state index contributed by atoms with van der Waals surface area (Å²) in [6.45, 7) is -0.510. The Morgan fingerprint density at radius 2 is 1.74 bits per heavy atom. The van der Waals surface area contributed by atoms with Crippen LogP contribution in [0.3, 0.4) is 0 Å². The highest BCUT2D eigenvalue weighted by Crippen LogP contribution is 2.24. The maximum absolute atomic E-state index is 9.87. The molecule has 0 unspecified atom stereocenters. The van der Waals surface area contributed by atoms with Gasteiger partial charge in [-0.25, -0.2) is 0 Å². The van der Waals surface area contributed by atoms with E-state index in [1.165, 1.54) is 0 Å². The van der Waals surface area contributed by atoms with Gasteiger partial charge in [-0.1, -0.05) is 0 Å². The fourth-order valence-electron chi connectivity index (χ4n) is 1.90. The minimum atomic E-state index is -1.45. The summed E-state index contributed by atoms with van der Waals surface area (Å²) in [6.07, 6.45) is -6.36. The van der Waals surface area contributed by atoms with Gasteiger partial charge >= 0.3 is 0 Å². The smallest absolute Gasteiger partial charge is 0.195 e. The molecule has 0 amide bonds. The van der Waals surface area contributed by atoms with E-state index in [0.717, 1.165) is 0 Å². The number of aliphatic hydroxyl groups excluding tert-OH is 4. The highest BCUT2D eigenvalue weighted by molar-refractivity contribution is 5.41. The number of aliphatic hydroxyl groups is 4. The Bertz CT molecular complexity index is 411. The van der Waals surface area contributed by atoms with Crippen molar-refractivity contribution in [1.29, 1.82) is 0 Å². The van der Waals surface area contributed by atoms with Crippen LogP contribution in [0.5, 0.6) is 5.75 Å². The topological polar surface area (TPSA) is 125 Å². The van der Waals surface area contributed by atoms with E-state index in [1.54, 1.807) is 24.3 Å². The van der Waals surface area contributed by atoms with Crippen LogP contribution < -0.4 is 10.5 Å². The molecule has 1 aliphatic rings. The summed E-state index contributed by atoms with van der Waals surface area (Å²) in [4.78, 5) is 0. The van der Waals surface area contributed by atoms with E-state index in [0.29, 0.717) is 11.4 Å². The van der Waals surface area contributed by atoms with Crippen molar-refractivity contribution in [2.75, 3.05) is 12.3 Å². The predicted molar refractivity (Wildman–Crippen MR) is 65.2 cm³/mol.